The van der Waals surface area contributed by atoms with Crippen molar-refractivity contribution in [1.82, 2.24) is 0 Å². The molecule has 1 aliphatic carbocycles. The largest absolute Gasteiger partial charge is 0.377 e. The van der Waals surface area contributed by atoms with E-state index in [0.29, 0.717) is 6.61 Å². The van der Waals surface area contributed by atoms with Gasteiger partial charge in [0.2, 0.25) is 0 Å². The van der Waals surface area contributed by atoms with Gasteiger partial charge in [-0.1, -0.05) is 6.92 Å². The van der Waals surface area contributed by atoms with Crippen LogP contribution in [0, 0.1) is 5.92 Å². The van der Waals surface area contributed by atoms with Gasteiger partial charge in [0.25, 0.3) is 0 Å². The molecular formula is C13H27NO2. The van der Waals surface area contributed by atoms with E-state index in [1.807, 2.05) is 13.8 Å². The van der Waals surface area contributed by atoms with Gasteiger partial charge in [0, 0.05) is 7.11 Å². The van der Waals surface area contributed by atoms with E-state index in [9.17, 15) is 0 Å². The molecule has 1 rings (SSSR count). The Morgan fingerprint density at radius 2 is 1.88 bits per heavy atom. The van der Waals surface area contributed by atoms with Crippen LogP contribution in [0.3, 0.4) is 0 Å². The van der Waals surface area contributed by atoms with Gasteiger partial charge in [-0.2, -0.15) is 0 Å². The number of hydrogen-bond acceptors (Lipinski definition) is 3. The first kappa shape index (κ1) is 13.9. The molecule has 1 fully saturated rings. The summed E-state index contributed by atoms with van der Waals surface area (Å²) < 4.78 is 11.3. The Bertz CT molecular complexity index is 198. The van der Waals surface area contributed by atoms with E-state index in [4.69, 9.17) is 15.2 Å². The number of rotatable bonds is 5. The summed E-state index contributed by atoms with van der Waals surface area (Å²) in [7, 11) is 1.78. The van der Waals surface area contributed by atoms with Crippen molar-refractivity contribution in [3.05, 3.63) is 0 Å². The molecule has 0 saturated heterocycles. The van der Waals surface area contributed by atoms with Crippen LogP contribution in [0.1, 0.15) is 46.5 Å². The van der Waals surface area contributed by atoms with E-state index in [-0.39, 0.29) is 17.7 Å². The van der Waals surface area contributed by atoms with Crippen molar-refractivity contribution in [3.8, 4) is 0 Å². The highest BCUT2D eigenvalue weighted by Gasteiger charge is 2.39. The van der Waals surface area contributed by atoms with Crippen molar-refractivity contribution in [3.63, 3.8) is 0 Å². The molecule has 1 unspecified atom stereocenters. The summed E-state index contributed by atoms with van der Waals surface area (Å²) in [5.74, 6) is 0.807. The quantitative estimate of drug-likeness (QED) is 0.787. The molecule has 0 radical (unpaired) electrons. The van der Waals surface area contributed by atoms with Crippen molar-refractivity contribution in [1.29, 1.82) is 0 Å². The Labute approximate surface area is 99.7 Å². The van der Waals surface area contributed by atoms with E-state index in [1.165, 1.54) is 12.8 Å². The van der Waals surface area contributed by atoms with Crippen molar-refractivity contribution in [2.75, 3.05) is 13.7 Å². The Morgan fingerprint density at radius 3 is 2.31 bits per heavy atom. The summed E-state index contributed by atoms with van der Waals surface area (Å²) in [6, 6.07) is -0.00704. The average Bonchev–Trinajstić information content (AvgIpc) is 2.27. The van der Waals surface area contributed by atoms with Gasteiger partial charge >= 0.3 is 0 Å². The van der Waals surface area contributed by atoms with Crippen LogP contribution < -0.4 is 5.73 Å². The zero-order valence-corrected chi connectivity index (χ0v) is 11.2. The van der Waals surface area contributed by atoms with E-state index < -0.39 is 0 Å². The van der Waals surface area contributed by atoms with Crippen molar-refractivity contribution < 1.29 is 9.47 Å². The molecule has 16 heavy (non-hydrogen) atoms. The second kappa shape index (κ2) is 5.99. The summed E-state index contributed by atoms with van der Waals surface area (Å²) in [4.78, 5) is 0. The van der Waals surface area contributed by atoms with Gasteiger partial charge in [0.15, 0.2) is 0 Å². The first-order chi connectivity index (χ1) is 7.50. The van der Waals surface area contributed by atoms with Gasteiger partial charge in [-0.15, -0.1) is 0 Å². The number of ether oxygens (including phenoxy) is 2. The normalized spacial score (nSPS) is 33.0. The number of methoxy groups -OCH3 is 1. The Balaban J connectivity index is 2.51. The van der Waals surface area contributed by atoms with Crippen molar-refractivity contribution >= 4 is 0 Å². The summed E-state index contributed by atoms with van der Waals surface area (Å²) in [5, 5.41) is 0. The van der Waals surface area contributed by atoms with Gasteiger partial charge in [-0.25, -0.2) is 0 Å². The molecular weight excluding hydrogens is 202 g/mol. The Morgan fingerprint density at radius 1 is 1.31 bits per heavy atom. The second-order valence-corrected chi connectivity index (χ2v) is 5.44. The van der Waals surface area contributed by atoms with Crippen LogP contribution in [0.2, 0.25) is 0 Å². The molecule has 0 aromatic heterocycles. The third kappa shape index (κ3) is 3.44. The molecule has 2 N–H and O–H groups in total. The maximum absolute atomic E-state index is 6.24. The molecule has 1 aliphatic rings. The maximum Gasteiger partial charge on any atom is 0.0851 e. The molecule has 1 atom stereocenters. The lowest BCUT2D eigenvalue weighted by atomic mass is 9.75. The van der Waals surface area contributed by atoms with Crippen molar-refractivity contribution in [2.24, 2.45) is 11.7 Å². The average molecular weight is 229 g/mol. The predicted octanol–water partition coefficient (Wildman–Crippen LogP) is 2.33. The Hall–Kier alpha value is -0.120. The van der Waals surface area contributed by atoms with Gasteiger partial charge in [-0.05, 0) is 45.4 Å². The highest BCUT2D eigenvalue weighted by Crippen LogP contribution is 2.36. The van der Waals surface area contributed by atoms with Crippen LogP contribution in [-0.4, -0.2) is 31.5 Å². The SMILES string of the molecule is COC1(C(N)COC(C)C)CCC(C)CC1. The van der Waals surface area contributed by atoms with E-state index in [0.717, 1.165) is 18.8 Å². The molecule has 0 amide bonds. The van der Waals surface area contributed by atoms with Crippen LogP contribution in [0.15, 0.2) is 0 Å². The van der Waals surface area contributed by atoms with Gasteiger partial charge < -0.3 is 15.2 Å². The van der Waals surface area contributed by atoms with E-state index >= 15 is 0 Å². The zero-order chi connectivity index (χ0) is 12.2. The van der Waals surface area contributed by atoms with Gasteiger partial charge in [0.05, 0.1) is 24.4 Å². The Kier molecular flexibility index (Phi) is 5.22. The molecule has 0 aromatic rings. The lowest BCUT2D eigenvalue weighted by Crippen LogP contribution is -2.54. The van der Waals surface area contributed by atoms with Crippen LogP contribution in [0.5, 0.6) is 0 Å². The molecule has 0 aromatic carbocycles. The van der Waals surface area contributed by atoms with Crippen LogP contribution in [-0.2, 0) is 9.47 Å². The third-order valence-electron chi connectivity index (χ3n) is 3.81. The predicted molar refractivity (Wildman–Crippen MR) is 66.4 cm³/mol. The molecule has 1 saturated carbocycles. The smallest absolute Gasteiger partial charge is 0.0851 e. The van der Waals surface area contributed by atoms with Crippen molar-refractivity contribution in [2.45, 2.75) is 64.2 Å². The summed E-state index contributed by atoms with van der Waals surface area (Å²) >= 11 is 0. The molecule has 0 heterocycles. The fourth-order valence-electron chi connectivity index (χ4n) is 2.43. The molecule has 0 aliphatic heterocycles. The third-order valence-corrected chi connectivity index (χ3v) is 3.81. The summed E-state index contributed by atoms with van der Waals surface area (Å²) in [6.45, 7) is 6.97. The van der Waals surface area contributed by atoms with Gasteiger partial charge in [0.1, 0.15) is 0 Å². The monoisotopic (exact) mass is 229 g/mol. The topological polar surface area (TPSA) is 44.5 Å². The number of nitrogens with two attached hydrogens (primary N) is 1. The fourth-order valence-corrected chi connectivity index (χ4v) is 2.43. The summed E-state index contributed by atoms with van der Waals surface area (Å²) in [6.07, 6.45) is 4.79. The van der Waals surface area contributed by atoms with Crippen LogP contribution in [0.4, 0.5) is 0 Å². The van der Waals surface area contributed by atoms with Crippen LogP contribution >= 0.6 is 0 Å². The fraction of sp³-hybridized carbons (Fsp3) is 1.00. The highest BCUT2D eigenvalue weighted by molar-refractivity contribution is 4.94. The first-order valence-corrected chi connectivity index (χ1v) is 6.42. The highest BCUT2D eigenvalue weighted by atomic mass is 16.5. The lowest BCUT2D eigenvalue weighted by Gasteiger charge is -2.42. The van der Waals surface area contributed by atoms with Gasteiger partial charge in [-0.3, -0.25) is 0 Å². The second-order valence-electron chi connectivity index (χ2n) is 5.44. The molecule has 0 bridgehead atoms. The molecule has 0 spiro atoms. The molecule has 3 nitrogen and oxygen atoms in total. The summed E-state index contributed by atoms with van der Waals surface area (Å²) in [5.41, 5.74) is 6.09. The standard InChI is InChI=1S/C13H27NO2/c1-10(2)16-9-12(14)13(15-4)7-5-11(3)6-8-13/h10-12H,5-9,14H2,1-4H3. The first-order valence-electron chi connectivity index (χ1n) is 6.42. The lowest BCUT2D eigenvalue weighted by molar-refractivity contribution is -0.0878. The minimum absolute atomic E-state index is 0.00704. The van der Waals surface area contributed by atoms with E-state index in [1.54, 1.807) is 7.11 Å². The molecule has 3 heteroatoms. The number of hydrogen-bond donors (Lipinski definition) is 1. The minimum atomic E-state index is -0.151. The zero-order valence-electron chi connectivity index (χ0n) is 11.2. The molecule has 96 valence electrons. The van der Waals surface area contributed by atoms with E-state index in [2.05, 4.69) is 6.92 Å². The minimum Gasteiger partial charge on any atom is -0.377 e. The maximum atomic E-state index is 6.24. The van der Waals surface area contributed by atoms with Crippen LogP contribution in [0.25, 0.3) is 0 Å².